The third kappa shape index (κ3) is 2.39. The first-order valence-corrected chi connectivity index (χ1v) is 6.84. The van der Waals surface area contributed by atoms with Crippen molar-refractivity contribution in [3.8, 4) is 0 Å². The van der Waals surface area contributed by atoms with Crippen molar-refractivity contribution >= 4 is 50.3 Å². The van der Waals surface area contributed by atoms with E-state index in [1.807, 2.05) is 6.92 Å². The highest BCUT2D eigenvalue weighted by Crippen LogP contribution is 2.33. The Labute approximate surface area is 117 Å². The molecule has 2 nitrogen and oxygen atoms in total. The lowest BCUT2D eigenvalue weighted by molar-refractivity contribution is 0.104. The van der Waals surface area contributed by atoms with E-state index >= 15 is 0 Å². The summed E-state index contributed by atoms with van der Waals surface area (Å²) in [5.41, 5.74) is 7.83. The van der Waals surface area contributed by atoms with Crippen LogP contribution in [0.5, 0.6) is 0 Å². The molecule has 0 aliphatic rings. The minimum Gasteiger partial charge on any atom is -0.398 e. The molecule has 0 unspecified atom stereocenters. The lowest BCUT2D eigenvalue weighted by Crippen LogP contribution is -2.03. The SMILES string of the molecule is Cc1c(N)cccc1C(=O)c1cc(Br)c(Cl)s1. The monoisotopic (exact) mass is 329 g/mol. The van der Waals surface area contributed by atoms with Crippen LogP contribution in [0.25, 0.3) is 0 Å². The summed E-state index contributed by atoms with van der Waals surface area (Å²) >= 11 is 10.5. The van der Waals surface area contributed by atoms with Crippen molar-refractivity contribution in [1.29, 1.82) is 0 Å². The Kier molecular flexibility index (Phi) is 3.56. The molecule has 0 saturated carbocycles. The van der Waals surface area contributed by atoms with Gasteiger partial charge in [0.2, 0.25) is 5.78 Å². The van der Waals surface area contributed by atoms with Gasteiger partial charge in [0.1, 0.15) is 4.34 Å². The molecule has 0 fully saturated rings. The van der Waals surface area contributed by atoms with Crippen molar-refractivity contribution in [2.75, 3.05) is 5.73 Å². The maximum atomic E-state index is 12.3. The Morgan fingerprint density at radius 3 is 2.76 bits per heavy atom. The van der Waals surface area contributed by atoms with E-state index in [0.717, 1.165) is 10.0 Å². The summed E-state index contributed by atoms with van der Waals surface area (Å²) < 4.78 is 1.32. The van der Waals surface area contributed by atoms with Crippen LogP contribution in [-0.4, -0.2) is 5.78 Å². The van der Waals surface area contributed by atoms with Gasteiger partial charge in [-0.1, -0.05) is 23.7 Å². The predicted octanol–water partition coefficient (Wildman–Crippen LogP) is 4.29. The number of thiophene rings is 1. The Morgan fingerprint density at radius 1 is 1.47 bits per heavy atom. The predicted molar refractivity (Wildman–Crippen MR) is 76.1 cm³/mol. The van der Waals surface area contributed by atoms with Gasteiger partial charge in [0.15, 0.2) is 0 Å². The molecule has 0 saturated heterocycles. The van der Waals surface area contributed by atoms with Gasteiger partial charge in [-0.2, -0.15) is 0 Å². The Bertz CT molecular complexity index is 575. The van der Waals surface area contributed by atoms with Crippen molar-refractivity contribution in [2.24, 2.45) is 0 Å². The van der Waals surface area contributed by atoms with Gasteiger partial charge < -0.3 is 5.73 Å². The van der Waals surface area contributed by atoms with Crippen LogP contribution in [-0.2, 0) is 0 Å². The highest BCUT2D eigenvalue weighted by molar-refractivity contribution is 9.10. The van der Waals surface area contributed by atoms with E-state index in [9.17, 15) is 4.79 Å². The first kappa shape index (κ1) is 12.6. The number of hydrogen-bond donors (Lipinski definition) is 1. The molecule has 0 amide bonds. The fraction of sp³-hybridized carbons (Fsp3) is 0.0833. The Hall–Kier alpha value is -0.840. The van der Waals surface area contributed by atoms with Gasteiger partial charge >= 0.3 is 0 Å². The molecule has 2 rings (SSSR count). The first-order valence-electron chi connectivity index (χ1n) is 4.85. The summed E-state index contributed by atoms with van der Waals surface area (Å²) in [6.07, 6.45) is 0. The van der Waals surface area contributed by atoms with Crippen molar-refractivity contribution in [3.05, 3.63) is 49.1 Å². The number of benzene rings is 1. The molecule has 1 heterocycles. The van der Waals surface area contributed by atoms with Gasteiger partial charge in [0.05, 0.1) is 4.88 Å². The van der Waals surface area contributed by atoms with Gasteiger partial charge in [0, 0.05) is 15.7 Å². The number of anilines is 1. The van der Waals surface area contributed by atoms with E-state index in [1.54, 1.807) is 24.3 Å². The maximum Gasteiger partial charge on any atom is 0.203 e. The quantitative estimate of drug-likeness (QED) is 0.659. The lowest BCUT2D eigenvalue weighted by Gasteiger charge is -2.05. The summed E-state index contributed by atoms with van der Waals surface area (Å²) in [4.78, 5) is 12.9. The van der Waals surface area contributed by atoms with E-state index in [2.05, 4.69) is 15.9 Å². The number of carbonyl (C=O) groups is 1. The third-order valence-corrected chi connectivity index (χ3v) is 4.96. The molecule has 0 bridgehead atoms. The van der Waals surface area contributed by atoms with Gasteiger partial charge in [-0.15, -0.1) is 11.3 Å². The average molecular weight is 331 g/mol. The highest BCUT2D eigenvalue weighted by atomic mass is 79.9. The van der Waals surface area contributed by atoms with E-state index in [4.69, 9.17) is 17.3 Å². The van der Waals surface area contributed by atoms with Crippen LogP contribution in [0.3, 0.4) is 0 Å². The molecule has 2 aromatic rings. The molecule has 0 radical (unpaired) electrons. The van der Waals surface area contributed by atoms with Crippen LogP contribution in [0.4, 0.5) is 5.69 Å². The van der Waals surface area contributed by atoms with Crippen LogP contribution < -0.4 is 5.73 Å². The minimum absolute atomic E-state index is 0.0487. The summed E-state index contributed by atoms with van der Waals surface area (Å²) in [6.45, 7) is 1.84. The topological polar surface area (TPSA) is 43.1 Å². The standard InChI is InChI=1S/C12H9BrClNOS/c1-6-7(3-2-4-9(6)15)11(16)10-5-8(13)12(14)17-10/h2-5H,15H2,1H3. The number of carbonyl (C=O) groups excluding carboxylic acids is 1. The van der Waals surface area contributed by atoms with Gasteiger partial charge in [-0.05, 0) is 40.5 Å². The average Bonchev–Trinajstić information content (AvgIpc) is 2.62. The molecule has 2 N–H and O–H groups in total. The number of hydrogen-bond acceptors (Lipinski definition) is 3. The maximum absolute atomic E-state index is 12.3. The number of nitrogens with two attached hydrogens (primary N) is 1. The fourth-order valence-electron chi connectivity index (χ4n) is 1.49. The van der Waals surface area contributed by atoms with E-state index < -0.39 is 0 Å². The van der Waals surface area contributed by atoms with Crippen molar-refractivity contribution in [2.45, 2.75) is 6.92 Å². The third-order valence-electron chi connectivity index (χ3n) is 2.49. The first-order chi connectivity index (χ1) is 8.00. The molecule has 88 valence electrons. The molecule has 5 heteroatoms. The number of halogens is 2. The summed E-state index contributed by atoms with van der Waals surface area (Å²) in [5, 5.41) is 0. The smallest absolute Gasteiger partial charge is 0.203 e. The molecule has 0 spiro atoms. The van der Waals surface area contributed by atoms with Crippen LogP contribution in [0.1, 0.15) is 20.8 Å². The summed E-state index contributed by atoms with van der Waals surface area (Å²) in [5.74, 6) is -0.0487. The molecular weight excluding hydrogens is 322 g/mol. The largest absolute Gasteiger partial charge is 0.398 e. The molecular formula is C12H9BrClNOS. The molecule has 0 aliphatic carbocycles. The minimum atomic E-state index is -0.0487. The molecule has 0 aliphatic heterocycles. The Morgan fingerprint density at radius 2 is 2.18 bits per heavy atom. The van der Waals surface area contributed by atoms with Gasteiger partial charge in [0.25, 0.3) is 0 Å². The molecule has 0 atom stereocenters. The normalized spacial score (nSPS) is 10.5. The van der Waals surface area contributed by atoms with Crippen LogP contribution >= 0.6 is 38.9 Å². The second-order valence-corrected chi connectivity index (χ2v) is 6.09. The zero-order valence-corrected chi connectivity index (χ0v) is 12.1. The number of nitrogen functional groups attached to an aromatic ring is 1. The van der Waals surface area contributed by atoms with Crippen LogP contribution in [0, 0.1) is 6.92 Å². The van der Waals surface area contributed by atoms with Crippen LogP contribution in [0.2, 0.25) is 4.34 Å². The van der Waals surface area contributed by atoms with Crippen LogP contribution in [0.15, 0.2) is 28.7 Å². The second-order valence-electron chi connectivity index (χ2n) is 3.58. The van der Waals surface area contributed by atoms with Crippen molar-refractivity contribution in [3.63, 3.8) is 0 Å². The molecule has 17 heavy (non-hydrogen) atoms. The molecule has 1 aromatic carbocycles. The number of rotatable bonds is 2. The zero-order valence-electron chi connectivity index (χ0n) is 8.96. The van der Waals surface area contributed by atoms with Gasteiger partial charge in [-0.3, -0.25) is 4.79 Å². The van der Waals surface area contributed by atoms with E-state index in [1.165, 1.54) is 11.3 Å². The number of ketones is 1. The van der Waals surface area contributed by atoms with Crippen molar-refractivity contribution in [1.82, 2.24) is 0 Å². The van der Waals surface area contributed by atoms with E-state index in [-0.39, 0.29) is 5.78 Å². The Balaban J connectivity index is 2.47. The summed E-state index contributed by atoms with van der Waals surface area (Å²) in [6, 6.07) is 7.07. The summed E-state index contributed by atoms with van der Waals surface area (Å²) in [7, 11) is 0. The fourth-order valence-corrected chi connectivity index (χ4v) is 3.15. The van der Waals surface area contributed by atoms with E-state index in [0.29, 0.717) is 20.5 Å². The zero-order chi connectivity index (χ0) is 12.6. The highest BCUT2D eigenvalue weighted by Gasteiger charge is 2.16. The van der Waals surface area contributed by atoms with Gasteiger partial charge in [-0.25, -0.2) is 0 Å². The lowest BCUT2D eigenvalue weighted by atomic mass is 10.0. The second kappa shape index (κ2) is 4.80. The molecule has 1 aromatic heterocycles. The van der Waals surface area contributed by atoms with Crippen molar-refractivity contribution < 1.29 is 4.79 Å².